The van der Waals surface area contributed by atoms with E-state index in [1.807, 2.05) is 12.1 Å². The minimum atomic E-state index is -0.665. The maximum Gasteiger partial charge on any atom is 0.348 e. The van der Waals surface area contributed by atoms with Crippen LogP contribution in [-0.4, -0.2) is 25.2 Å². The molecule has 31 heavy (non-hydrogen) atoms. The van der Waals surface area contributed by atoms with Crippen LogP contribution in [0.3, 0.4) is 0 Å². The molecule has 0 bridgehead atoms. The second-order valence-electron chi connectivity index (χ2n) is 6.02. The molecule has 0 aliphatic heterocycles. The SMILES string of the molecule is CCOC(=O)/C(C#N)=C/c1ccc(Oc2ccc(/C=C(\C#N)C(=O)OCC)cc2)cc1. The molecule has 0 aliphatic rings. The first kappa shape index (κ1) is 22.9. The second-order valence-corrected chi connectivity index (χ2v) is 6.02. The summed E-state index contributed by atoms with van der Waals surface area (Å²) in [6.45, 7) is 3.73. The van der Waals surface area contributed by atoms with Gasteiger partial charge in [0.2, 0.25) is 0 Å². The van der Waals surface area contributed by atoms with Crippen LogP contribution in [0.1, 0.15) is 25.0 Å². The highest BCUT2D eigenvalue weighted by molar-refractivity contribution is 5.98. The third-order valence-electron chi connectivity index (χ3n) is 3.85. The van der Waals surface area contributed by atoms with E-state index in [-0.39, 0.29) is 24.4 Å². The van der Waals surface area contributed by atoms with Crippen molar-refractivity contribution in [2.24, 2.45) is 0 Å². The van der Waals surface area contributed by atoms with Gasteiger partial charge in [-0.15, -0.1) is 0 Å². The van der Waals surface area contributed by atoms with E-state index in [4.69, 9.17) is 24.7 Å². The molecule has 0 N–H and O–H groups in total. The number of hydrogen-bond donors (Lipinski definition) is 0. The molecule has 0 spiro atoms. The van der Waals surface area contributed by atoms with Gasteiger partial charge in [0.05, 0.1) is 13.2 Å². The first-order chi connectivity index (χ1) is 15.0. The Kier molecular flexibility index (Phi) is 8.57. The van der Waals surface area contributed by atoms with Gasteiger partial charge in [0.1, 0.15) is 34.8 Å². The van der Waals surface area contributed by atoms with Crippen LogP contribution < -0.4 is 4.74 Å². The number of carbonyl (C=O) groups excluding carboxylic acids is 2. The van der Waals surface area contributed by atoms with E-state index in [2.05, 4.69) is 0 Å². The smallest absolute Gasteiger partial charge is 0.348 e. The van der Waals surface area contributed by atoms with Crippen molar-refractivity contribution in [3.05, 3.63) is 70.8 Å². The van der Waals surface area contributed by atoms with Crippen LogP contribution in [0.4, 0.5) is 0 Å². The van der Waals surface area contributed by atoms with Crippen molar-refractivity contribution in [2.45, 2.75) is 13.8 Å². The Hall–Kier alpha value is -4.36. The van der Waals surface area contributed by atoms with Crippen LogP contribution in [0.2, 0.25) is 0 Å². The Bertz CT molecular complexity index is 981. The molecule has 0 saturated carbocycles. The van der Waals surface area contributed by atoms with Crippen LogP contribution in [-0.2, 0) is 19.1 Å². The molecule has 7 nitrogen and oxygen atoms in total. The summed E-state index contributed by atoms with van der Waals surface area (Å²) in [5, 5.41) is 18.2. The zero-order valence-electron chi connectivity index (χ0n) is 17.1. The molecule has 0 aromatic heterocycles. The van der Waals surface area contributed by atoms with Gasteiger partial charge in [-0.1, -0.05) is 24.3 Å². The molecule has 2 aromatic carbocycles. The molecule has 156 valence electrons. The van der Waals surface area contributed by atoms with Crippen molar-refractivity contribution in [3.8, 4) is 23.6 Å². The monoisotopic (exact) mass is 416 g/mol. The maximum atomic E-state index is 11.7. The predicted octanol–water partition coefficient (Wildman–Crippen LogP) is 4.42. The van der Waals surface area contributed by atoms with Gasteiger partial charge >= 0.3 is 11.9 Å². The summed E-state index contributed by atoms with van der Waals surface area (Å²) < 4.78 is 15.4. The maximum absolute atomic E-state index is 11.7. The molecule has 0 unspecified atom stereocenters. The molecule has 0 fully saturated rings. The zero-order valence-corrected chi connectivity index (χ0v) is 17.1. The minimum absolute atomic E-state index is 0.0845. The highest BCUT2D eigenvalue weighted by Gasteiger charge is 2.10. The molecule has 2 rings (SSSR count). The van der Waals surface area contributed by atoms with E-state index in [0.717, 1.165) is 0 Å². The van der Waals surface area contributed by atoms with Gasteiger partial charge in [-0.3, -0.25) is 0 Å². The van der Waals surface area contributed by atoms with Crippen LogP contribution >= 0.6 is 0 Å². The molecule has 0 aliphatic carbocycles. The number of rotatable bonds is 8. The van der Waals surface area contributed by atoms with Crippen molar-refractivity contribution >= 4 is 24.1 Å². The lowest BCUT2D eigenvalue weighted by Gasteiger charge is -2.07. The molecule has 0 atom stereocenters. The van der Waals surface area contributed by atoms with Gasteiger partial charge in [0.15, 0.2) is 0 Å². The standard InChI is InChI=1S/C24H20N2O5/c1-3-29-23(27)19(15-25)13-17-5-9-21(10-6-17)31-22-11-7-18(8-12-22)14-20(16-26)24(28)30-4-2/h5-14H,3-4H2,1-2H3/b19-13+,20-14+. The number of hydrogen-bond acceptors (Lipinski definition) is 7. The third kappa shape index (κ3) is 6.88. The fourth-order valence-corrected chi connectivity index (χ4v) is 2.42. The van der Waals surface area contributed by atoms with Crippen LogP contribution in [0.15, 0.2) is 59.7 Å². The molecule has 0 radical (unpaired) electrons. The lowest BCUT2D eigenvalue weighted by molar-refractivity contribution is -0.138. The molecule has 0 heterocycles. The first-order valence-electron chi connectivity index (χ1n) is 9.46. The molecule has 2 aromatic rings. The largest absolute Gasteiger partial charge is 0.462 e. The molecule has 7 heteroatoms. The van der Waals surface area contributed by atoms with Crippen LogP contribution in [0.5, 0.6) is 11.5 Å². The van der Waals surface area contributed by atoms with E-state index in [0.29, 0.717) is 22.6 Å². The predicted molar refractivity (Wildman–Crippen MR) is 113 cm³/mol. The highest BCUT2D eigenvalue weighted by Crippen LogP contribution is 2.23. The Labute approximate surface area is 180 Å². The number of benzene rings is 2. The number of ether oxygens (including phenoxy) is 3. The van der Waals surface area contributed by atoms with Gasteiger partial charge in [0.25, 0.3) is 0 Å². The van der Waals surface area contributed by atoms with E-state index >= 15 is 0 Å². The van der Waals surface area contributed by atoms with Crippen molar-refractivity contribution in [2.75, 3.05) is 13.2 Å². The summed E-state index contributed by atoms with van der Waals surface area (Å²) in [4.78, 5) is 23.4. The van der Waals surface area contributed by atoms with Crippen molar-refractivity contribution in [1.29, 1.82) is 10.5 Å². The van der Waals surface area contributed by atoms with E-state index < -0.39 is 11.9 Å². The quantitative estimate of drug-likeness (QED) is 0.356. The molecule has 0 amide bonds. The second kappa shape index (κ2) is 11.6. The van der Waals surface area contributed by atoms with Gasteiger partial charge in [0, 0.05) is 0 Å². The molecular formula is C24H20N2O5. The highest BCUT2D eigenvalue weighted by atomic mass is 16.5. The Morgan fingerprint density at radius 3 is 1.39 bits per heavy atom. The summed E-state index contributed by atoms with van der Waals surface area (Å²) in [5.41, 5.74) is 1.14. The third-order valence-corrected chi connectivity index (χ3v) is 3.85. The summed E-state index contributed by atoms with van der Waals surface area (Å²) in [6.07, 6.45) is 2.89. The summed E-state index contributed by atoms with van der Waals surface area (Å²) >= 11 is 0. The van der Waals surface area contributed by atoms with E-state index in [1.165, 1.54) is 12.2 Å². The topological polar surface area (TPSA) is 109 Å². The fourth-order valence-electron chi connectivity index (χ4n) is 2.42. The first-order valence-corrected chi connectivity index (χ1v) is 9.46. The van der Waals surface area contributed by atoms with Crippen LogP contribution in [0, 0.1) is 22.7 Å². The summed E-state index contributed by atoms with van der Waals surface area (Å²) in [5.74, 6) is -0.220. The van der Waals surface area contributed by atoms with Gasteiger partial charge < -0.3 is 14.2 Å². The fraction of sp³-hybridized carbons (Fsp3) is 0.167. The number of esters is 2. The lowest BCUT2D eigenvalue weighted by atomic mass is 10.1. The Balaban J connectivity index is 2.09. The van der Waals surface area contributed by atoms with Gasteiger partial charge in [-0.05, 0) is 61.4 Å². The Morgan fingerprint density at radius 2 is 1.10 bits per heavy atom. The number of nitriles is 2. The van der Waals surface area contributed by atoms with Crippen LogP contribution in [0.25, 0.3) is 12.2 Å². The van der Waals surface area contributed by atoms with Crippen molar-refractivity contribution in [3.63, 3.8) is 0 Å². The lowest BCUT2D eigenvalue weighted by Crippen LogP contribution is -2.05. The summed E-state index contributed by atoms with van der Waals surface area (Å²) in [6, 6.07) is 17.3. The molecular weight excluding hydrogens is 396 g/mol. The average molecular weight is 416 g/mol. The summed E-state index contributed by atoms with van der Waals surface area (Å²) in [7, 11) is 0. The van der Waals surface area contributed by atoms with Crippen molar-refractivity contribution < 1.29 is 23.8 Å². The minimum Gasteiger partial charge on any atom is -0.462 e. The van der Waals surface area contributed by atoms with Gasteiger partial charge in [-0.25, -0.2) is 9.59 Å². The van der Waals surface area contributed by atoms with Crippen molar-refractivity contribution in [1.82, 2.24) is 0 Å². The molecule has 0 saturated heterocycles. The van der Waals surface area contributed by atoms with E-state index in [9.17, 15) is 9.59 Å². The van der Waals surface area contributed by atoms with E-state index in [1.54, 1.807) is 62.4 Å². The average Bonchev–Trinajstić information content (AvgIpc) is 2.78. The number of nitrogens with zero attached hydrogens (tertiary/aromatic N) is 2. The Morgan fingerprint density at radius 1 is 0.742 bits per heavy atom. The number of carbonyl (C=O) groups is 2. The van der Waals surface area contributed by atoms with Gasteiger partial charge in [-0.2, -0.15) is 10.5 Å². The zero-order chi connectivity index (χ0) is 22.6. The normalized spacial score (nSPS) is 11.1.